The van der Waals surface area contributed by atoms with Gasteiger partial charge in [-0.25, -0.2) is 0 Å². The second-order valence-electron chi connectivity index (χ2n) is 16.0. The molecule has 2 saturated carbocycles. The van der Waals surface area contributed by atoms with Crippen molar-refractivity contribution in [2.45, 2.75) is 128 Å². The molecule has 0 spiro atoms. The Hall–Kier alpha value is -2.00. The quantitative estimate of drug-likeness (QED) is 0.174. The largest absolute Gasteiger partial charge is 0.458 e. The second-order valence-corrected chi connectivity index (χ2v) is 16.0. The Labute approximate surface area is 275 Å². The first-order chi connectivity index (χ1) is 21.6. The Bertz CT molecular complexity index is 1370. The molecule has 14 atom stereocenters. The van der Waals surface area contributed by atoms with Gasteiger partial charge in [0.1, 0.15) is 36.3 Å². The van der Waals surface area contributed by atoms with Gasteiger partial charge in [-0.15, -0.1) is 0 Å². The van der Waals surface area contributed by atoms with E-state index in [4.69, 9.17) is 9.47 Å². The molecule has 12 heteroatoms. The van der Waals surface area contributed by atoms with E-state index in [2.05, 4.69) is 0 Å². The third kappa shape index (κ3) is 5.39. The van der Waals surface area contributed by atoms with Crippen molar-refractivity contribution in [1.29, 1.82) is 0 Å². The summed E-state index contributed by atoms with van der Waals surface area (Å²) in [6.07, 6.45) is -4.84. The second kappa shape index (κ2) is 11.8. The third-order valence-electron chi connectivity index (χ3n) is 12.7. The van der Waals surface area contributed by atoms with E-state index in [1.165, 1.54) is 32.9 Å². The summed E-state index contributed by atoms with van der Waals surface area (Å²) in [7, 11) is 0. The number of hydrogen-bond donors (Lipinski definition) is 8. The lowest BCUT2D eigenvalue weighted by atomic mass is 9.39. The number of aliphatic hydroxyl groups excluding tert-OH is 6. The lowest BCUT2D eigenvalue weighted by Gasteiger charge is -2.63. The van der Waals surface area contributed by atoms with E-state index in [0.717, 1.165) is 5.57 Å². The third-order valence-corrected chi connectivity index (χ3v) is 12.7. The van der Waals surface area contributed by atoms with E-state index in [0.29, 0.717) is 12.0 Å². The molecule has 12 nitrogen and oxygen atoms in total. The van der Waals surface area contributed by atoms with Crippen molar-refractivity contribution in [2.24, 2.45) is 34.0 Å². The summed E-state index contributed by atoms with van der Waals surface area (Å²) >= 11 is 0. The van der Waals surface area contributed by atoms with Crippen LogP contribution in [0.2, 0.25) is 0 Å². The summed E-state index contributed by atoms with van der Waals surface area (Å²) in [5, 5.41) is 85.1. The molecule has 3 unspecified atom stereocenters. The van der Waals surface area contributed by atoms with Crippen LogP contribution in [0.4, 0.5) is 0 Å². The van der Waals surface area contributed by atoms with E-state index < -0.39 is 94.6 Å². The molecule has 1 heterocycles. The zero-order valence-corrected chi connectivity index (χ0v) is 28.3. The van der Waals surface area contributed by atoms with E-state index in [-0.39, 0.29) is 36.7 Å². The van der Waals surface area contributed by atoms with Crippen LogP contribution in [0.15, 0.2) is 35.1 Å². The van der Waals surface area contributed by atoms with Gasteiger partial charge in [0, 0.05) is 30.1 Å². The van der Waals surface area contributed by atoms with Crippen molar-refractivity contribution in [2.75, 3.05) is 6.61 Å². The number of Topliss-reactive ketones (excluding diaryl/α,β-unsaturated/α-hetero) is 2. The van der Waals surface area contributed by atoms with Crippen LogP contribution in [0, 0.1) is 34.0 Å². The van der Waals surface area contributed by atoms with Gasteiger partial charge in [-0.3, -0.25) is 9.59 Å². The average Bonchev–Trinajstić information content (AvgIpc) is 3.18. The van der Waals surface area contributed by atoms with Gasteiger partial charge >= 0.3 is 0 Å². The highest BCUT2D eigenvalue weighted by Crippen LogP contribution is 2.73. The molecule has 1 saturated heterocycles. The fourth-order valence-electron chi connectivity index (χ4n) is 9.98. The minimum absolute atomic E-state index is 0.00522. The molecule has 0 aromatic carbocycles. The first kappa shape index (κ1) is 36.3. The Morgan fingerprint density at radius 3 is 2.28 bits per heavy atom. The Morgan fingerprint density at radius 2 is 1.68 bits per heavy atom. The summed E-state index contributed by atoms with van der Waals surface area (Å²) in [6, 6.07) is 0. The minimum Gasteiger partial charge on any atom is -0.458 e. The van der Waals surface area contributed by atoms with E-state index in [9.17, 15) is 50.4 Å². The predicted molar refractivity (Wildman–Crippen MR) is 167 cm³/mol. The summed E-state index contributed by atoms with van der Waals surface area (Å²) in [6.45, 7) is 11.4. The van der Waals surface area contributed by atoms with Gasteiger partial charge in [0.05, 0.1) is 23.9 Å². The van der Waals surface area contributed by atoms with Gasteiger partial charge in [0.25, 0.3) is 0 Å². The molecule has 5 rings (SSSR count). The summed E-state index contributed by atoms with van der Waals surface area (Å²) < 4.78 is 11.3. The van der Waals surface area contributed by atoms with E-state index >= 15 is 0 Å². The average molecular weight is 665 g/mol. The number of fused-ring (bicyclic) bond motifs is 5. The zero-order valence-electron chi connectivity index (χ0n) is 28.3. The summed E-state index contributed by atoms with van der Waals surface area (Å²) in [4.78, 5) is 28.2. The topological polar surface area (TPSA) is 214 Å². The normalized spacial score (nSPS) is 46.0. The fourth-order valence-corrected chi connectivity index (χ4v) is 9.98. The molecular formula is C35H52O12. The van der Waals surface area contributed by atoms with Crippen LogP contribution in [0.25, 0.3) is 0 Å². The molecule has 0 radical (unpaired) electrons. The first-order valence-electron chi connectivity index (χ1n) is 16.5. The molecule has 0 aromatic rings. The zero-order chi connectivity index (χ0) is 35.2. The van der Waals surface area contributed by atoms with E-state index in [1.54, 1.807) is 6.92 Å². The molecule has 1 aliphatic heterocycles. The Kier molecular flexibility index (Phi) is 9.12. The van der Waals surface area contributed by atoms with Crippen molar-refractivity contribution in [3.05, 3.63) is 35.1 Å². The van der Waals surface area contributed by atoms with Gasteiger partial charge in [-0.05, 0) is 68.4 Å². The van der Waals surface area contributed by atoms with Crippen LogP contribution in [0.5, 0.6) is 0 Å². The number of ketones is 2. The van der Waals surface area contributed by atoms with Crippen LogP contribution >= 0.6 is 0 Å². The summed E-state index contributed by atoms with van der Waals surface area (Å²) in [5.41, 5.74) is -4.48. The lowest BCUT2D eigenvalue weighted by Crippen LogP contribution is -2.64. The molecule has 47 heavy (non-hydrogen) atoms. The first-order valence-corrected chi connectivity index (χ1v) is 16.5. The number of rotatable bonds is 7. The molecule has 8 N–H and O–H groups in total. The van der Waals surface area contributed by atoms with Gasteiger partial charge < -0.3 is 50.3 Å². The highest BCUT2D eigenvalue weighted by atomic mass is 16.7. The number of allylic oxidation sites excluding steroid dienone is 4. The molecule has 0 bridgehead atoms. The SMILES string of the molecule is CC1=C(OC2O[C@H](CO)[C@@H](O)[C@H](O)[C@H]2O)C(=O)C[C@@H]2C1=CC[C@@H]1[C@@]2(C)C(=O)C[C@]2(C)C([C@@](C)(O)C(O)/C=C/C(C)(C)O)[C@H](O)C[C@@]12C. The maximum atomic E-state index is 14.5. The monoisotopic (exact) mass is 664 g/mol. The number of ether oxygens (including phenoxy) is 2. The Morgan fingerprint density at radius 1 is 1.04 bits per heavy atom. The van der Waals surface area contributed by atoms with Gasteiger partial charge in [0.2, 0.25) is 6.29 Å². The number of carbonyl (C=O) groups is 2. The van der Waals surface area contributed by atoms with Crippen molar-refractivity contribution in [3.8, 4) is 0 Å². The summed E-state index contributed by atoms with van der Waals surface area (Å²) in [5.74, 6) is -2.32. The fraction of sp³-hybridized carbons (Fsp3) is 0.771. The molecule has 0 amide bonds. The standard InChI is InChI=1S/C35H52O12/c1-16-17-8-9-22-32(4)13-20(38)29(35(7,45)23(39)10-11-31(2,3)44)33(32,5)14-24(40)34(22,6)18(17)12-19(37)28(16)47-30-27(43)26(42)25(41)21(15-36)46-30/h8,10-11,18,20-23,25-27,29-30,36,38-39,41-45H,9,12-15H2,1-7H3/b11-10+/t18-,20-,21-,22+,23?,25-,26+,27-,29?,30?,32+,33-,34+,35+/m1/s1. The van der Waals surface area contributed by atoms with Crippen molar-refractivity contribution in [3.63, 3.8) is 0 Å². The van der Waals surface area contributed by atoms with Crippen molar-refractivity contribution in [1.82, 2.24) is 0 Å². The van der Waals surface area contributed by atoms with Crippen LogP contribution in [-0.2, 0) is 19.1 Å². The maximum Gasteiger partial charge on any atom is 0.229 e. The van der Waals surface area contributed by atoms with Crippen LogP contribution in [0.1, 0.15) is 74.1 Å². The molecule has 3 fully saturated rings. The van der Waals surface area contributed by atoms with Crippen LogP contribution in [0.3, 0.4) is 0 Å². The highest BCUT2D eigenvalue weighted by Gasteiger charge is 2.74. The number of aliphatic hydroxyl groups is 8. The van der Waals surface area contributed by atoms with Crippen molar-refractivity contribution >= 4 is 11.6 Å². The van der Waals surface area contributed by atoms with Gasteiger partial charge in [-0.1, -0.05) is 39.0 Å². The molecule has 4 aliphatic carbocycles. The highest BCUT2D eigenvalue weighted by molar-refractivity contribution is 5.99. The lowest BCUT2D eigenvalue weighted by molar-refractivity contribution is -0.291. The minimum atomic E-state index is -1.84. The Balaban J connectivity index is 1.49. The van der Waals surface area contributed by atoms with Crippen molar-refractivity contribution < 1.29 is 59.9 Å². The van der Waals surface area contributed by atoms with Gasteiger partial charge in [-0.2, -0.15) is 0 Å². The van der Waals surface area contributed by atoms with Gasteiger partial charge in [0.15, 0.2) is 11.5 Å². The molecule has 264 valence electrons. The van der Waals surface area contributed by atoms with E-state index in [1.807, 2.05) is 26.8 Å². The number of hydrogen-bond acceptors (Lipinski definition) is 12. The van der Waals surface area contributed by atoms with Crippen LogP contribution in [-0.4, -0.2) is 113 Å². The number of carbonyl (C=O) groups excluding carboxylic acids is 2. The molecule has 5 aliphatic rings. The smallest absolute Gasteiger partial charge is 0.229 e. The predicted octanol–water partition coefficient (Wildman–Crippen LogP) is 0.424. The molecule has 0 aromatic heterocycles. The molecular weight excluding hydrogens is 612 g/mol. The van der Waals surface area contributed by atoms with Crippen LogP contribution < -0.4 is 0 Å². The maximum absolute atomic E-state index is 14.5.